The van der Waals surface area contributed by atoms with Crippen molar-refractivity contribution >= 4 is 34.8 Å². The summed E-state index contributed by atoms with van der Waals surface area (Å²) in [6.45, 7) is 3.68. The summed E-state index contributed by atoms with van der Waals surface area (Å²) in [6, 6.07) is 4.88. The van der Waals surface area contributed by atoms with Crippen LogP contribution < -0.4 is 5.32 Å². The van der Waals surface area contributed by atoms with Crippen LogP contribution in [0.4, 0.5) is 18.9 Å². The van der Waals surface area contributed by atoms with Gasteiger partial charge in [0.25, 0.3) is 0 Å². The number of amides is 1. The van der Waals surface area contributed by atoms with E-state index in [0.29, 0.717) is 0 Å². The molecule has 0 spiro atoms. The van der Waals surface area contributed by atoms with Crippen molar-refractivity contribution in [3.05, 3.63) is 40.4 Å². The number of para-hydroxylation sites is 1. The predicted octanol–water partition coefficient (Wildman–Crippen LogP) is 5.24. The third kappa shape index (κ3) is 3.41. The van der Waals surface area contributed by atoms with Gasteiger partial charge in [-0.05, 0) is 29.5 Å². The number of nitrogens with one attached hydrogen (secondary N) is 1. The first kappa shape index (κ1) is 17.2. The van der Waals surface area contributed by atoms with Crippen LogP contribution in [0.5, 0.6) is 0 Å². The molecule has 1 aromatic carbocycles. The summed E-state index contributed by atoms with van der Waals surface area (Å²) in [4.78, 5) is 12.3. The fourth-order valence-corrected chi connectivity index (χ4v) is 2.95. The van der Waals surface area contributed by atoms with Gasteiger partial charge in [0.2, 0.25) is 5.91 Å². The Labute approximate surface area is 136 Å². The van der Waals surface area contributed by atoms with Gasteiger partial charge in [-0.3, -0.25) is 4.79 Å². The molecule has 0 radical (unpaired) electrons. The Morgan fingerprint density at radius 3 is 2.41 bits per heavy atom. The second-order valence-corrected chi connectivity index (χ2v) is 6.82. The van der Waals surface area contributed by atoms with Crippen LogP contribution in [-0.4, -0.2) is 5.91 Å². The topological polar surface area (TPSA) is 29.1 Å². The molecular formula is C15H14Cl2F3NO. The molecule has 0 aromatic heterocycles. The molecule has 1 amide bonds. The van der Waals surface area contributed by atoms with Gasteiger partial charge in [0.05, 0.1) is 17.2 Å². The summed E-state index contributed by atoms with van der Waals surface area (Å²) in [5, 5.41) is 2.36. The van der Waals surface area contributed by atoms with Crippen molar-refractivity contribution in [1.29, 1.82) is 0 Å². The molecule has 1 aliphatic carbocycles. The molecule has 1 saturated carbocycles. The van der Waals surface area contributed by atoms with Crippen molar-refractivity contribution in [2.75, 3.05) is 5.32 Å². The summed E-state index contributed by atoms with van der Waals surface area (Å²) in [5.74, 6) is -1.14. The molecule has 1 fully saturated rings. The monoisotopic (exact) mass is 351 g/mol. The molecule has 22 heavy (non-hydrogen) atoms. The van der Waals surface area contributed by atoms with Gasteiger partial charge in [0, 0.05) is 0 Å². The predicted molar refractivity (Wildman–Crippen MR) is 80.6 cm³/mol. The molecule has 7 heteroatoms. The number of allylic oxidation sites excluding steroid dienone is 1. The summed E-state index contributed by atoms with van der Waals surface area (Å²) >= 11 is 11.2. The van der Waals surface area contributed by atoms with Gasteiger partial charge in [-0.25, -0.2) is 0 Å². The van der Waals surface area contributed by atoms with E-state index in [9.17, 15) is 18.0 Å². The van der Waals surface area contributed by atoms with E-state index < -0.39 is 29.0 Å². The molecule has 2 rings (SSSR count). The normalized spacial score (nSPS) is 22.9. The van der Waals surface area contributed by atoms with Crippen molar-refractivity contribution in [2.45, 2.75) is 20.0 Å². The average Bonchev–Trinajstić information content (AvgIpc) is 2.89. The third-order valence-electron chi connectivity index (χ3n) is 3.99. The summed E-state index contributed by atoms with van der Waals surface area (Å²) in [6.07, 6.45) is -2.98. The lowest BCUT2D eigenvalue weighted by molar-refractivity contribution is -0.137. The van der Waals surface area contributed by atoms with Gasteiger partial charge in [-0.1, -0.05) is 49.2 Å². The summed E-state index contributed by atoms with van der Waals surface area (Å²) in [7, 11) is 0. The number of carbonyl (C=O) groups is 1. The van der Waals surface area contributed by atoms with E-state index in [2.05, 4.69) is 5.32 Å². The van der Waals surface area contributed by atoms with Crippen LogP contribution in [0.25, 0.3) is 0 Å². The van der Waals surface area contributed by atoms with Crippen molar-refractivity contribution in [3.8, 4) is 0 Å². The smallest absolute Gasteiger partial charge is 0.325 e. The van der Waals surface area contributed by atoms with E-state index in [1.54, 1.807) is 6.08 Å². The SMILES string of the molecule is CC1(C)[C@H](C(=O)Nc2ccccc2C(F)(F)F)[C@@H]1C=C(Cl)Cl. The van der Waals surface area contributed by atoms with Crippen LogP contribution in [0.3, 0.4) is 0 Å². The van der Waals surface area contributed by atoms with E-state index in [4.69, 9.17) is 23.2 Å². The second-order valence-electron chi connectivity index (χ2n) is 5.81. The van der Waals surface area contributed by atoms with Gasteiger partial charge < -0.3 is 5.32 Å². The number of halogens is 5. The van der Waals surface area contributed by atoms with Gasteiger partial charge in [0.1, 0.15) is 4.49 Å². The Morgan fingerprint density at radius 2 is 1.86 bits per heavy atom. The van der Waals surface area contributed by atoms with Crippen LogP contribution in [-0.2, 0) is 11.0 Å². The molecule has 1 aliphatic rings. The van der Waals surface area contributed by atoms with E-state index in [0.717, 1.165) is 6.07 Å². The first-order valence-corrected chi connectivity index (χ1v) is 7.30. The zero-order valence-corrected chi connectivity index (χ0v) is 13.4. The summed E-state index contributed by atoms with van der Waals surface area (Å²) in [5.41, 5.74) is -1.52. The zero-order chi connectivity index (χ0) is 16.7. The zero-order valence-electron chi connectivity index (χ0n) is 11.8. The summed E-state index contributed by atoms with van der Waals surface area (Å²) < 4.78 is 38.8. The largest absolute Gasteiger partial charge is 0.418 e. The number of anilines is 1. The van der Waals surface area contributed by atoms with E-state index >= 15 is 0 Å². The van der Waals surface area contributed by atoms with Crippen molar-refractivity contribution in [3.63, 3.8) is 0 Å². The van der Waals surface area contributed by atoms with Gasteiger partial charge >= 0.3 is 6.18 Å². The van der Waals surface area contributed by atoms with Crippen LogP contribution in [0, 0.1) is 17.3 Å². The van der Waals surface area contributed by atoms with E-state index in [-0.39, 0.29) is 16.1 Å². The van der Waals surface area contributed by atoms with Gasteiger partial charge in [-0.15, -0.1) is 0 Å². The molecule has 0 aliphatic heterocycles. The highest BCUT2D eigenvalue weighted by atomic mass is 35.5. The molecule has 0 unspecified atom stereocenters. The maximum absolute atomic E-state index is 12.9. The van der Waals surface area contributed by atoms with E-state index in [1.165, 1.54) is 18.2 Å². The lowest BCUT2D eigenvalue weighted by atomic mass is 10.1. The van der Waals surface area contributed by atoms with Crippen molar-refractivity contribution < 1.29 is 18.0 Å². The minimum Gasteiger partial charge on any atom is -0.325 e. The minimum atomic E-state index is -4.53. The molecule has 1 aromatic rings. The molecule has 120 valence electrons. The maximum Gasteiger partial charge on any atom is 0.418 e. The van der Waals surface area contributed by atoms with Crippen LogP contribution >= 0.6 is 23.2 Å². The Bertz CT molecular complexity index is 621. The standard InChI is InChI=1S/C15H14Cl2F3NO/c1-14(2)9(7-11(16)17)12(14)13(22)21-10-6-4-3-5-8(10)15(18,19)20/h3-7,9,12H,1-2H3,(H,21,22)/t9-,12-/m0/s1. The lowest BCUT2D eigenvalue weighted by Gasteiger charge is -2.13. The van der Waals surface area contributed by atoms with Crippen LogP contribution in [0.1, 0.15) is 19.4 Å². The van der Waals surface area contributed by atoms with Gasteiger partial charge in [-0.2, -0.15) is 13.2 Å². The number of carbonyl (C=O) groups excluding carboxylic acids is 1. The molecule has 1 N–H and O–H groups in total. The Balaban J connectivity index is 2.20. The van der Waals surface area contributed by atoms with E-state index in [1.807, 2.05) is 13.8 Å². The van der Waals surface area contributed by atoms with Crippen molar-refractivity contribution in [1.82, 2.24) is 0 Å². The maximum atomic E-state index is 12.9. The fourth-order valence-electron chi connectivity index (χ4n) is 2.68. The Hall–Kier alpha value is -1.20. The van der Waals surface area contributed by atoms with Crippen LogP contribution in [0.15, 0.2) is 34.8 Å². The van der Waals surface area contributed by atoms with Crippen molar-refractivity contribution in [2.24, 2.45) is 17.3 Å². The highest BCUT2D eigenvalue weighted by Gasteiger charge is 2.60. The Morgan fingerprint density at radius 1 is 1.27 bits per heavy atom. The minimum absolute atomic E-state index is 0.0454. The van der Waals surface area contributed by atoms with Gasteiger partial charge in [0.15, 0.2) is 0 Å². The molecular weight excluding hydrogens is 338 g/mol. The number of rotatable bonds is 3. The first-order chi connectivity index (χ1) is 10.0. The molecule has 0 heterocycles. The number of benzene rings is 1. The molecule has 2 nitrogen and oxygen atoms in total. The lowest BCUT2D eigenvalue weighted by Crippen LogP contribution is -2.19. The Kier molecular flexibility index (Phi) is 4.51. The third-order valence-corrected chi connectivity index (χ3v) is 4.24. The highest BCUT2D eigenvalue weighted by Crippen LogP contribution is 2.60. The first-order valence-electron chi connectivity index (χ1n) is 6.55. The average molecular weight is 352 g/mol. The fraction of sp³-hybridized carbons (Fsp3) is 0.400. The second kappa shape index (κ2) is 5.78. The molecule has 2 atom stereocenters. The van der Waals surface area contributed by atoms with Crippen LogP contribution in [0.2, 0.25) is 0 Å². The molecule has 0 saturated heterocycles. The number of hydrogen-bond acceptors (Lipinski definition) is 1. The molecule has 0 bridgehead atoms. The highest BCUT2D eigenvalue weighted by molar-refractivity contribution is 6.55. The number of hydrogen-bond donors (Lipinski definition) is 1. The number of alkyl halides is 3. The quantitative estimate of drug-likeness (QED) is 0.792.